The van der Waals surface area contributed by atoms with Crippen molar-refractivity contribution in [2.75, 3.05) is 19.0 Å². The molecule has 2 aromatic rings. The Labute approximate surface area is 149 Å². The van der Waals surface area contributed by atoms with Crippen LogP contribution in [0, 0.1) is 34.6 Å². The van der Waals surface area contributed by atoms with Crippen molar-refractivity contribution in [1.29, 1.82) is 0 Å². The Bertz CT molecular complexity index is 742. The number of aryl methyl sites for hydroxylation is 4. The van der Waals surface area contributed by atoms with Gasteiger partial charge in [0.25, 0.3) is 0 Å². The summed E-state index contributed by atoms with van der Waals surface area (Å²) in [5.41, 5.74) is 7.21. The molecule has 2 rings (SSSR count). The molecule has 0 bridgehead atoms. The molecule has 0 fully saturated rings. The molecule has 6 heteroatoms. The Hall–Kier alpha value is -2.34. The van der Waals surface area contributed by atoms with Gasteiger partial charge in [0.15, 0.2) is 0 Å². The van der Waals surface area contributed by atoms with Crippen LogP contribution in [0.2, 0.25) is 0 Å². The number of methoxy groups -OCH3 is 1. The second-order valence-corrected chi connectivity index (χ2v) is 6.45. The van der Waals surface area contributed by atoms with Crippen LogP contribution < -0.4 is 10.6 Å². The third kappa shape index (κ3) is 4.60. The molecule has 0 saturated heterocycles. The van der Waals surface area contributed by atoms with Gasteiger partial charge in [-0.1, -0.05) is 17.7 Å². The highest BCUT2D eigenvalue weighted by molar-refractivity contribution is 5.91. The van der Waals surface area contributed by atoms with E-state index in [1.165, 1.54) is 5.56 Å². The lowest BCUT2D eigenvalue weighted by atomic mass is 10.1. The van der Waals surface area contributed by atoms with Gasteiger partial charge in [-0.3, -0.25) is 4.68 Å². The number of amides is 2. The second-order valence-electron chi connectivity index (χ2n) is 6.45. The number of carbonyl (C=O) groups is 1. The van der Waals surface area contributed by atoms with Crippen molar-refractivity contribution in [3.05, 3.63) is 45.8 Å². The first-order valence-corrected chi connectivity index (χ1v) is 8.48. The topological polar surface area (TPSA) is 68.2 Å². The van der Waals surface area contributed by atoms with Crippen molar-refractivity contribution in [1.82, 2.24) is 15.1 Å². The van der Waals surface area contributed by atoms with Gasteiger partial charge in [0.05, 0.1) is 18.8 Å². The van der Waals surface area contributed by atoms with E-state index in [9.17, 15) is 4.79 Å². The molecule has 1 aromatic carbocycles. The van der Waals surface area contributed by atoms with Gasteiger partial charge >= 0.3 is 6.03 Å². The number of urea groups is 1. The molecule has 0 unspecified atom stereocenters. The molecule has 2 N–H and O–H groups in total. The first kappa shape index (κ1) is 19.0. The number of rotatable bonds is 6. The Morgan fingerprint density at radius 3 is 2.40 bits per heavy atom. The fraction of sp³-hybridized carbons (Fsp3) is 0.474. The maximum Gasteiger partial charge on any atom is 0.319 e. The van der Waals surface area contributed by atoms with Crippen LogP contribution in [-0.2, 0) is 17.8 Å². The van der Waals surface area contributed by atoms with E-state index in [0.717, 1.165) is 33.8 Å². The smallest absolute Gasteiger partial charge is 0.319 e. The monoisotopic (exact) mass is 344 g/mol. The maximum absolute atomic E-state index is 12.3. The quantitative estimate of drug-likeness (QED) is 0.844. The van der Waals surface area contributed by atoms with Gasteiger partial charge in [0.1, 0.15) is 0 Å². The number of nitrogens with zero attached hydrogens (tertiary/aromatic N) is 2. The van der Waals surface area contributed by atoms with E-state index in [2.05, 4.69) is 34.8 Å². The highest BCUT2D eigenvalue weighted by Crippen LogP contribution is 2.21. The largest absolute Gasteiger partial charge is 0.383 e. The van der Waals surface area contributed by atoms with Crippen LogP contribution in [-0.4, -0.2) is 29.5 Å². The highest BCUT2D eigenvalue weighted by Gasteiger charge is 2.13. The molecule has 1 aromatic heterocycles. The zero-order valence-corrected chi connectivity index (χ0v) is 16.0. The number of ether oxygens (including phenoxy) is 1. The van der Waals surface area contributed by atoms with Gasteiger partial charge in [-0.15, -0.1) is 0 Å². The Morgan fingerprint density at radius 1 is 1.16 bits per heavy atom. The van der Waals surface area contributed by atoms with E-state index in [1.54, 1.807) is 7.11 Å². The summed E-state index contributed by atoms with van der Waals surface area (Å²) in [6.07, 6.45) is 0. The van der Waals surface area contributed by atoms with Crippen molar-refractivity contribution in [2.24, 2.45) is 0 Å². The van der Waals surface area contributed by atoms with E-state index < -0.39 is 0 Å². The van der Waals surface area contributed by atoms with E-state index in [4.69, 9.17) is 4.74 Å². The summed E-state index contributed by atoms with van der Waals surface area (Å²) in [6.45, 7) is 11.8. The minimum absolute atomic E-state index is 0.210. The van der Waals surface area contributed by atoms with Gasteiger partial charge in [-0.25, -0.2) is 4.79 Å². The third-order valence-electron chi connectivity index (χ3n) is 4.38. The first-order chi connectivity index (χ1) is 11.8. The predicted molar refractivity (Wildman–Crippen MR) is 100 cm³/mol. The van der Waals surface area contributed by atoms with Crippen LogP contribution in [0.1, 0.15) is 33.6 Å². The molecule has 2 amide bonds. The number of hydrogen-bond acceptors (Lipinski definition) is 3. The van der Waals surface area contributed by atoms with Crippen molar-refractivity contribution < 1.29 is 9.53 Å². The summed E-state index contributed by atoms with van der Waals surface area (Å²) < 4.78 is 7.02. The van der Waals surface area contributed by atoms with Crippen LogP contribution in [0.15, 0.2) is 12.1 Å². The van der Waals surface area contributed by atoms with E-state index in [0.29, 0.717) is 19.7 Å². The van der Waals surface area contributed by atoms with Crippen molar-refractivity contribution >= 4 is 11.7 Å². The van der Waals surface area contributed by atoms with Gasteiger partial charge in [-0.05, 0) is 45.7 Å². The molecular formula is C19H28N4O2. The minimum Gasteiger partial charge on any atom is -0.383 e. The molecule has 0 aliphatic heterocycles. The summed E-state index contributed by atoms with van der Waals surface area (Å²) in [5, 5.41) is 10.4. The number of hydrogen-bond donors (Lipinski definition) is 2. The van der Waals surface area contributed by atoms with Crippen LogP contribution in [0.4, 0.5) is 10.5 Å². The summed E-state index contributed by atoms with van der Waals surface area (Å²) in [6, 6.07) is 3.92. The summed E-state index contributed by atoms with van der Waals surface area (Å²) >= 11 is 0. The lowest BCUT2D eigenvalue weighted by Gasteiger charge is -2.14. The number of nitrogens with one attached hydrogen (secondary N) is 2. The van der Waals surface area contributed by atoms with Crippen LogP contribution >= 0.6 is 0 Å². The van der Waals surface area contributed by atoms with Crippen molar-refractivity contribution in [3.63, 3.8) is 0 Å². The normalized spacial score (nSPS) is 10.8. The standard InChI is InChI=1S/C19H28N4O2/c1-12-9-13(2)18(14(3)10-12)21-19(24)20-11-17-15(4)22-23(16(17)5)7-8-25-6/h9-10H,7-8,11H2,1-6H3,(H2,20,21,24). The number of benzene rings is 1. The predicted octanol–water partition coefficient (Wildman–Crippen LogP) is 3.39. The zero-order valence-electron chi connectivity index (χ0n) is 16.0. The molecule has 1 heterocycles. The summed E-state index contributed by atoms with van der Waals surface area (Å²) in [4.78, 5) is 12.3. The third-order valence-corrected chi connectivity index (χ3v) is 4.38. The van der Waals surface area contributed by atoms with Gasteiger partial charge in [0.2, 0.25) is 0 Å². The van der Waals surface area contributed by atoms with E-state index >= 15 is 0 Å². The molecule has 25 heavy (non-hydrogen) atoms. The van der Waals surface area contributed by atoms with Crippen LogP contribution in [0.5, 0.6) is 0 Å². The van der Waals surface area contributed by atoms with Crippen molar-refractivity contribution in [3.8, 4) is 0 Å². The molecule has 0 radical (unpaired) electrons. The number of aromatic nitrogens is 2. The lowest BCUT2D eigenvalue weighted by molar-refractivity contribution is 0.182. The summed E-state index contributed by atoms with van der Waals surface area (Å²) in [7, 11) is 1.67. The molecule has 0 atom stereocenters. The highest BCUT2D eigenvalue weighted by atomic mass is 16.5. The molecule has 6 nitrogen and oxygen atoms in total. The van der Waals surface area contributed by atoms with Gasteiger partial charge in [-0.2, -0.15) is 5.10 Å². The van der Waals surface area contributed by atoms with E-state index in [1.807, 2.05) is 32.4 Å². The fourth-order valence-corrected chi connectivity index (χ4v) is 3.09. The van der Waals surface area contributed by atoms with Gasteiger partial charge in [0, 0.05) is 30.6 Å². The Morgan fingerprint density at radius 2 is 1.80 bits per heavy atom. The van der Waals surface area contributed by atoms with Crippen LogP contribution in [0.25, 0.3) is 0 Å². The molecule has 0 saturated carbocycles. The molecule has 0 aliphatic carbocycles. The fourth-order valence-electron chi connectivity index (χ4n) is 3.09. The number of carbonyl (C=O) groups excluding carboxylic acids is 1. The summed E-state index contributed by atoms with van der Waals surface area (Å²) in [5.74, 6) is 0. The average Bonchev–Trinajstić information content (AvgIpc) is 2.80. The Kier molecular flexibility index (Phi) is 6.20. The molecule has 0 aliphatic rings. The molecular weight excluding hydrogens is 316 g/mol. The lowest BCUT2D eigenvalue weighted by Crippen LogP contribution is -2.29. The molecule has 136 valence electrons. The maximum atomic E-state index is 12.3. The first-order valence-electron chi connectivity index (χ1n) is 8.48. The van der Waals surface area contributed by atoms with Gasteiger partial charge < -0.3 is 15.4 Å². The minimum atomic E-state index is -0.210. The Balaban J connectivity index is 2.02. The zero-order chi connectivity index (χ0) is 18.6. The van der Waals surface area contributed by atoms with Crippen molar-refractivity contribution in [2.45, 2.75) is 47.7 Å². The average molecular weight is 344 g/mol. The number of anilines is 1. The SMILES string of the molecule is COCCn1nc(C)c(CNC(=O)Nc2c(C)cc(C)cc2C)c1C. The second kappa shape index (κ2) is 8.16. The molecule has 0 spiro atoms. The van der Waals surface area contributed by atoms with E-state index in [-0.39, 0.29) is 6.03 Å². The van der Waals surface area contributed by atoms with Crippen LogP contribution in [0.3, 0.4) is 0 Å².